The molecule has 1 amide bonds. The van der Waals surface area contributed by atoms with Crippen molar-refractivity contribution < 1.29 is 14.6 Å². The number of hydrogen-bond donors (Lipinski definition) is 2. The molecule has 0 radical (unpaired) electrons. The zero-order chi connectivity index (χ0) is 15.8. The Hall–Kier alpha value is -1.59. The van der Waals surface area contributed by atoms with Gasteiger partial charge in [0.15, 0.2) is 0 Å². The van der Waals surface area contributed by atoms with Crippen molar-refractivity contribution in [2.45, 2.75) is 38.6 Å². The maximum absolute atomic E-state index is 12.2. The summed E-state index contributed by atoms with van der Waals surface area (Å²) in [6, 6.07) is 7.74. The van der Waals surface area contributed by atoms with Gasteiger partial charge in [-0.05, 0) is 57.0 Å². The SMILES string of the molecule is CCOc1ccc(NC(=O)CN2CCCCC2CCO)cc1. The van der Waals surface area contributed by atoms with Gasteiger partial charge in [-0.3, -0.25) is 9.69 Å². The lowest BCUT2D eigenvalue weighted by Crippen LogP contribution is -2.44. The molecule has 2 rings (SSSR count). The maximum Gasteiger partial charge on any atom is 0.238 e. The fourth-order valence-electron chi connectivity index (χ4n) is 2.93. The largest absolute Gasteiger partial charge is 0.494 e. The van der Waals surface area contributed by atoms with Crippen molar-refractivity contribution >= 4 is 11.6 Å². The zero-order valence-electron chi connectivity index (χ0n) is 13.3. The van der Waals surface area contributed by atoms with Crippen LogP contribution in [0, 0.1) is 0 Å². The molecule has 1 aliphatic rings. The number of amides is 1. The molecular weight excluding hydrogens is 280 g/mol. The minimum atomic E-state index is -0.00556. The van der Waals surface area contributed by atoms with Crippen LogP contribution in [0.2, 0.25) is 0 Å². The minimum Gasteiger partial charge on any atom is -0.494 e. The number of ether oxygens (including phenoxy) is 1. The lowest BCUT2D eigenvalue weighted by molar-refractivity contribution is -0.118. The number of aliphatic hydroxyl groups excluding tert-OH is 1. The number of carbonyl (C=O) groups is 1. The number of benzene rings is 1. The van der Waals surface area contributed by atoms with E-state index in [0.717, 1.165) is 37.2 Å². The second-order valence-corrected chi connectivity index (χ2v) is 5.64. The number of carbonyl (C=O) groups excluding carboxylic acids is 1. The van der Waals surface area contributed by atoms with Crippen LogP contribution in [-0.2, 0) is 4.79 Å². The lowest BCUT2D eigenvalue weighted by Gasteiger charge is -2.34. The van der Waals surface area contributed by atoms with Crippen molar-refractivity contribution in [3.8, 4) is 5.75 Å². The van der Waals surface area contributed by atoms with Gasteiger partial charge in [-0.2, -0.15) is 0 Å². The molecule has 1 unspecified atom stereocenters. The molecule has 1 aromatic carbocycles. The Labute approximate surface area is 132 Å². The first kappa shape index (κ1) is 16.8. The third kappa shape index (κ3) is 5.00. The highest BCUT2D eigenvalue weighted by Gasteiger charge is 2.23. The molecule has 1 aromatic rings. The first-order chi connectivity index (χ1) is 10.7. The highest BCUT2D eigenvalue weighted by molar-refractivity contribution is 5.92. The van der Waals surface area contributed by atoms with Crippen LogP contribution in [0.4, 0.5) is 5.69 Å². The van der Waals surface area contributed by atoms with E-state index in [0.29, 0.717) is 19.2 Å². The first-order valence-electron chi connectivity index (χ1n) is 8.10. The van der Waals surface area contributed by atoms with Crippen molar-refractivity contribution in [3.63, 3.8) is 0 Å². The third-order valence-electron chi connectivity index (χ3n) is 4.01. The second kappa shape index (κ2) is 8.76. The summed E-state index contributed by atoms with van der Waals surface area (Å²) in [5, 5.41) is 12.1. The fourth-order valence-corrected chi connectivity index (χ4v) is 2.93. The molecule has 1 heterocycles. The number of rotatable bonds is 7. The topological polar surface area (TPSA) is 61.8 Å². The molecule has 0 aliphatic carbocycles. The van der Waals surface area contributed by atoms with E-state index in [-0.39, 0.29) is 12.5 Å². The zero-order valence-corrected chi connectivity index (χ0v) is 13.3. The Balaban J connectivity index is 1.85. The Morgan fingerprint density at radius 3 is 2.82 bits per heavy atom. The normalized spacial score (nSPS) is 18.9. The fraction of sp³-hybridized carbons (Fsp3) is 0.588. The van der Waals surface area contributed by atoms with E-state index in [1.54, 1.807) is 0 Å². The van der Waals surface area contributed by atoms with Crippen molar-refractivity contribution in [3.05, 3.63) is 24.3 Å². The summed E-state index contributed by atoms with van der Waals surface area (Å²) in [4.78, 5) is 14.4. The van der Waals surface area contributed by atoms with Gasteiger partial charge in [0.2, 0.25) is 5.91 Å². The van der Waals surface area contributed by atoms with Crippen LogP contribution in [0.1, 0.15) is 32.6 Å². The Morgan fingerprint density at radius 1 is 1.36 bits per heavy atom. The monoisotopic (exact) mass is 306 g/mol. The summed E-state index contributed by atoms with van der Waals surface area (Å²) in [7, 11) is 0. The Morgan fingerprint density at radius 2 is 2.14 bits per heavy atom. The molecule has 122 valence electrons. The number of nitrogens with one attached hydrogen (secondary N) is 1. The van der Waals surface area contributed by atoms with Crippen molar-refractivity contribution in [2.24, 2.45) is 0 Å². The number of likely N-dealkylation sites (tertiary alicyclic amines) is 1. The van der Waals surface area contributed by atoms with E-state index in [9.17, 15) is 4.79 Å². The van der Waals surface area contributed by atoms with E-state index in [2.05, 4.69) is 10.2 Å². The molecule has 1 fully saturated rings. The molecule has 0 bridgehead atoms. The van der Waals surface area contributed by atoms with Crippen LogP contribution in [0.5, 0.6) is 5.75 Å². The van der Waals surface area contributed by atoms with Crippen molar-refractivity contribution in [1.29, 1.82) is 0 Å². The number of aliphatic hydroxyl groups is 1. The van der Waals surface area contributed by atoms with E-state index in [1.165, 1.54) is 6.42 Å². The molecule has 0 aromatic heterocycles. The second-order valence-electron chi connectivity index (χ2n) is 5.64. The summed E-state index contributed by atoms with van der Waals surface area (Å²) in [5.41, 5.74) is 0.782. The van der Waals surface area contributed by atoms with Crippen LogP contribution in [0.25, 0.3) is 0 Å². The standard InChI is InChI=1S/C17H26N2O3/c1-2-22-16-8-6-14(7-9-16)18-17(21)13-19-11-4-3-5-15(19)10-12-20/h6-9,15,20H,2-5,10-13H2,1H3,(H,18,21). The number of anilines is 1. The van der Waals surface area contributed by atoms with Gasteiger partial charge in [0, 0.05) is 18.3 Å². The Kier molecular flexibility index (Phi) is 6.68. The Bertz CT molecular complexity index is 459. The van der Waals surface area contributed by atoms with Gasteiger partial charge >= 0.3 is 0 Å². The summed E-state index contributed by atoms with van der Waals surface area (Å²) in [5.74, 6) is 0.800. The molecule has 5 heteroatoms. The minimum absolute atomic E-state index is 0.00556. The van der Waals surface area contributed by atoms with Crippen LogP contribution in [0.3, 0.4) is 0 Å². The predicted molar refractivity (Wildman–Crippen MR) is 87.2 cm³/mol. The summed E-state index contributed by atoms with van der Waals surface area (Å²) in [6.45, 7) is 4.07. The maximum atomic E-state index is 12.2. The molecule has 1 atom stereocenters. The van der Waals surface area contributed by atoms with E-state index >= 15 is 0 Å². The van der Waals surface area contributed by atoms with Gasteiger partial charge in [-0.25, -0.2) is 0 Å². The van der Waals surface area contributed by atoms with Gasteiger partial charge in [0.25, 0.3) is 0 Å². The summed E-state index contributed by atoms with van der Waals surface area (Å²) in [6.07, 6.45) is 4.12. The predicted octanol–water partition coefficient (Wildman–Crippen LogP) is 2.26. The van der Waals surface area contributed by atoms with Gasteiger partial charge in [-0.1, -0.05) is 6.42 Å². The van der Waals surface area contributed by atoms with Crippen molar-refractivity contribution in [2.75, 3.05) is 31.6 Å². The third-order valence-corrected chi connectivity index (χ3v) is 4.01. The molecule has 1 aliphatic heterocycles. The van der Waals surface area contributed by atoms with Gasteiger partial charge < -0.3 is 15.2 Å². The van der Waals surface area contributed by atoms with E-state index in [4.69, 9.17) is 9.84 Å². The van der Waals surface area contributed by atoms with Gasteiger partial charge in [0.1, 0.15) is 5.75 Å². The molecule has 2 N–H and O–H groups in total. The summed E-state index contributed by atoms with van der Waals surface area (Å²) >= 11 is 0. The average Bonchev–Trinajstić information content (AvgIpc) is 2.52. The van der Waals surface area contributed by atoms with E-state index in [1.807, 2.05) is 31.2 Å². The van der Waals surface area contributed by atoms with Crippen LogP contribution in [0.15, 0.2) is 24.3 Å². The molecule has 22 heavy (non-hydrogen) atoms. The summed E-state index contributed by atoms with van der Waals surface area (Å²) < 4.78 is 5.38. The van der Waals surface area contributed by atoms with Gasteiger partial charge in [0.05, 0.1) is 13.2 Å². The molecule has 0 saturated carbocycles. The van der Waals surface area contributed by atoms with Crippen LogP contribution < -0.4 is 10.1 Å². The van der Waals surface area contributed by atoms with Crippen LogP contribution in [-0.4, -0.2) is 48.3 Å². The van der Waals surface area contributed by atoms with E-state index < -0.39 is 0 Å². The van der Waals surface area contributed by atoms with Gasteiger partial charge in [-0.15, -0.1) is 0 Å². The molecule has 0 spiro atoms. The van der Waals surface area contributed by atoms with Crippen molar-refractivity contribution in [1.82, 2.24) is 4.90 Å². The first-order valence-corrected chi connectivity index (χ1v) is 8.10. The highest BCUT2D eigenvalue weighted by Crippen LogP contribution is 2.20. The molecular formula is C17H26N2O3. The smallest absolute Gasteiger partial charge is 0.238 e. The number of nitrogens with zero attached hydrogens (tertiary/aromatic N) is 1. The molecule has 1 saturated heterocycles. The van der Waals surface area contributed by atoms with Crippen LogP contribution >= 0.6 is 0 Å². The molecule has 5 nitrogen and oxygen atoms in total. The highest BCUT2D eigenvalue weighted by atomic mass is 16.5. The quantitative estimate of drug-likeness (QED) is 0.811. The number of hydrogen-bond acceptors (Lipinski definition) is 4. The number of piperidine rings is 1. The average molecular weight is 306 g/mol. The lowest BCUT2D eigenvalue weighted by atomic mass is 10.00.